The lowest BCUT2D eigenvalue weighted by molar-refractivity contribution is -0.0535. The summed E-state index contributed by atoms with van der Waals surface area (Å²) in [6.07, 6.45) is 1.96. The van der Waals surface area contributed by atoms with E-state index in [0.717, 1.165) is 35.1 Å². The van der Waals surface area contributed by atoms with Crippen LogP contribution in [0.4, 0.5) is 9.59 Å². The summed E-state index contributed by atoms with van der Waals surface area (Å²) in [5, 5.41) is 31.7. The molecule has 4 rings (SSSR count). The van der Waals surface area contributed by atoms with Gasteiger partial charge in [-0.25, -0.2) is 9.59 Å². The van der Waals surface area contributed by atoms with Gasteiger partial charge < -0.3 is 63.5 Å². The lowest BCUT2D eigenvalue weighted by atomic mass is 9.78. The number of aliphatic hydroxyl groups excluding tert-OH is 2. The molecule has 0 aromatic heterocycles. The van der Waals surface area contributed by atoms with Crippen molar-refractivity contribution in [2.75, 3.05) is 54.9 Å². The summed E-state index contributed by atoms with van der Waals surface area (Å²) in [5.41, 5.74) is 2.67. The number of amides is 2. The molecule has 0 aliphatic heterocycles. The van der Waals surface area contributed by atoms with E-state index in [1.807, 2.05) is 102 Å². The monoisotopic (exact) mass is 1240 g/mol. The Morgan fingerprint density at radius 3 is 1.09 bits per heavy atom. The number of hydrogen-bond acceptors (Lipinski definition) is 13. The van der Waals surface area contributed by atoms with Gasteiger partial charge in [0, 0.05) is 40.3 Å². The summed E-state index contributed by atoms with van der Waals surface area (Å²) < 4.78 is 53.5. The van der Waals surface area contributed by atoms with Crippen LogP contribution < -0.4 is 29.6 Å². The standard InChI is InChI=1S/C74H116N2O13/c1-49(2)57(39-53-31-33-65(83-17)69(41-53)85-37-25-35-81-15)43-61(75-71(79)88-73(9,10)11)63(77)45-59(51(5)6)47-67(55-27-21-19-22-28-55)87-68(56-29-23-20-24-30-56)48-60(52(7)8)46-64(78)62(76-72(80)89-74(12,13)14)44-58(50(3)4)40-54-32-34-66(84-18)70(42-54)86-38-26-36-82-16/h19-24,27-34,41-42,49-52,57-64,67-68,77-78H,25-26,35-40,43-48H2,1-18H3,(H,75,79)(H,76,80)/t57-,58-,59-,60-,61-,62-,63-,64-,67+,68+/m0/s1. The molecule has 0 fully saturated rings. The maximum Gasteiger partial charge on any atom is 0.407 e. The molecule has 0 saturated carbocycles. The highest BCUT2D eigenvalue weighted by Gasteiger charge is 2.36. The Labute approximate surface area is 536 Å². The molecule has 4 aromatic rings. The van der Waals surface area contributed by atoms with Crippen molar-refractivity contribution < 1.29 is 62.4 Å². The summed E-state index contributed by atoms with van der Waals surface area (Å²) in [6.45, 7) is 30.7. The van der Waals surface area contributed by atoms with Gasteiger partial charge in [0.05, 0.1) is 63.9 Å². The van der Waals surface area contributed by atoms with E-state index in [2.05, 4.69) is 102 Å². The van der Waals surface area contributed by atoms with Crippen molar-refractivity contribution in [3.63, 3.8) is 0 Å². The van der Waals surface area contributed by atoms with Gasteiger partial charge in [-0.2, -0.15) is 0 Å². The zero-order chi connectivity index (χ0) is 65.8. The van der Waals surface area contributed by atoms with Gasteiger partial charge in [0.15, 0.2) is 23.0 Å². The third-order valence-electron chi connectivity index (χ3n) is 17.0. The van der Waals surface area contributed by atoms with Gasteiger partial charge in [-0.15, -0.1) is 0 Å². The third-order valence-corrected chi connectivity index (χ3v) is 17.0. The van der Waals surface area contributed by atoms with E-state index < -0.39 is 59.9 Å². The van der Waals surface area contributed by atoms with Gasteiger partial charge in [0.1, 0.15) is 11.2 Å². The number of alkyl carbamates (subject to hydrolysis) is 2. The fraction of sp³-hybridized carbons (Fsp3) is 0.649. The van der Waals surface area contributed by atoms with Gasteiger partial charge in [-0.1, -0.05) is 128 Å². The van der Waals surface area contributed by atoms with E-state index in [9.17, 15) is 19.8 Å². The molecule has 10 atom stereocenters. The summed E-state index contributed by atoms with van der Waals surface area (Å²) in [7, 11) is 6.63. The average Bonchev–Trinajstić information content (AvgIpc) is 3.67. The Bertz CT molecular complexity index is 2420. The Kier molecular flexibility index (Phi) is 32.7. The first-order valence-electron chi connectivity index (χ1n) is 32.8. The zero-order valence-electron chi connectivity index (χ0n) is 57.6. The Morgan fingerprint density at radius 2 is 0.787 bits per heavy atom. The third kappa shape index (κ3) is 27.8. The predicted molar refractivity (Wildman–Crippen MR) is 356 cm³/mol. The molecule has 4 N–H and O–H groups in total. The van der Waals surface area contributed by atoms with Gasteiger partial charge in [-0.05, 0) is 187 Å². The van der Waals surface area contributed by atoms with E-state index in [4.69, 9.17) is 42.6 Å². The number of benzene rings is 4. The second-order valence-corrected chi connectivity index (χ2v) is 27.8. The minimum atomic E-state index is -0.934. The number of rotatable bonds is 40. The lowest BCUT2D eigenvalue weighted by Crippen LogP contribution is -2.48. The summed E-state index contributed by atoms with van der Waals surface area (Å²) in [5.74, 6) is 3.27. The van der Waals surface area contributed by atoms with E-state index in [1.54, 1.807) is 28.4 Å². The predicted octanol–water partition coefficient (Wildman–Crippen LogP) is 15.8. The molecule has 0 bridgehead atoms. The number of methoxy groups -OCH3 is 4. The molecule has 2 amide bonds. The van der Waals surface area contributed by atoms with E-state index in [-0.39, 0.29) is 47.3 Å². The van der Waals surface area contributed by atoms with Crippen LogP contribution in [0.3, 0.4) is 0 Å². The largest absolute Gasteiger partial charge is 0.493 e. The molecule has 0 radical (unpaired) electrons. The van der Waals surface area contributed by atoms with Crippen LogP contribution in [0.1, 0.15) is 183 Å². The van der Waals surface area contributed by atoms with Gasteiger partial charge in [0.2, 0.25) is 0 Å². The van der Waals surface area contributed by atoms with Crippen LogP contribution >= 0.6 is 0 Å². The number of aliphatic hydroxyl groups is 2. The number of ether oxygens (including phenoxy) is 9. The van der Waals surface area contributed by atoms with Gasteiger partial charge in [-0.3, -0.25) is 0 Å². The van der Waals surface area contributed by atoms with Crippen molar-refractivity contribution in [2.45, 2.75) is 209 Å². The first-order valence-corrected chi connectivity index (χ1v) is 32.8. The second kappa shape index (κ2) is 38.3. The molecule has 15 heteroatoms. The Hall–Kier alpha value is -5.58. The van der Waals surface area contributed by atoms with Gasteiger partial charge in [0.25, 0.3) is 0 Å². The topological polar surface area (TPSA) is 182 Å². The highest BCUT2D eigenvalue weighted by molar-refractivity contribution is 5.68. The minimum Gasteiger partial charge on any atom is -0.493 e. The van der Waals surface area contributed by atoms with Crippen LogP contribution in [0, 0.1) is 47.3 Å². The van der Waals surface area contributed by atoms with E-state index >= 15 is 0 Å². The molecule has 89 heavy (non-hydrogen) atoms. The molecule has 15 nitrogen and oxygen atoms in total. The minimum absolute atomic E-state index is 0.0549. The van der Waals surface area contributed by atoms with Gasteiger partial charge >= 0.3 is 12.2 Å². The lowest BCUT2D eigenvalue weighted by Gasteiger charge is -2.36. The average molecular weight is 1240 g/mol. The molecule has 0 aliphatic carbocycles. The van der Waals surface area contributed by atoms with Crippen molar-refractivity contribution in [3.05, 3.63) is 119 Å². The summed E-state index contributed by atoms with van der Waals surface area (Å²) >= 11 is 0. The summed E-state index contributed by atoms with van der Waals surface area (Å²) in [4.78, 5) is 27.6. The van der Waals surface area contributed by atoms with Crippen LogP contribution in [0.15, 0.2) is 97.1 Å². The quantitative estimate of drug-likeness (QED) is 0.0309. The molecule has 0 unspecified atom stereocenters. The molecule has 0 saturated heterocycles. The smallest absolute Gasteiger partial charge is 0.407 e. The van der Waals surface area contributed by atoms with Crippen molar-refractivity contribution >= 4 is 12.2 Å². The van der Waals surface area contributed by atoms with Crippen LogP contribution in [0.2, 0.25) is 0 Å². The summed E-state index contributed by atoms with van der Waals surface area (Å²) in [6, 6.07) is 31.4. The highest BCUT2D eigenvalue weighted by atomic mass is 16.6. The first kappa shape index (κ1) is 75.9. The van der Waals surface area contributed by atoms with Crippen molar-refractivity contribution in [1.82, 2.24) is 10.6 Å². The van der Waals surface area contributed by atoms with Crippen LogP contribution in [-0.2, 0) is 36.5 Å². The molecule has 0 spiro atoms. The number of hydrogen-bond donors (Lipinski definition) is 4. The zero-order valence-corrected chi connectivity index (χ0v) is 57.6. The molecular formula is C74H116N2O13. The number of carbonyl (C=O) groups is 2. The Morgan fingerprint density at radius 1 is 0.438 bits per heavy atom. The molecule has 4 aromatic carbocycles. The fourth-order valence-electron chi connectivity index (χ4n) is 11.5. The fourth-order valence-corrected chi connectivity index (χ4v) is 11.5. The maximum atomic E-state index is 13.8. The van der Waals surface area contributed by atoms with Crippen molar-refractivity contribution in [1.29, 1.82) is 0 Å². The Balaban J connectivity index is 1.69. The SMILES string of the molecule is COCCCOc1cc(C[C@@H](C[C@H](NC(=O)OC(C)(C)C)[C@@H](O)C[C@@H](C[C@@H](O[C@H](C[C@H](C[C@H](O)[C@H](C[C@H](Cc2ccc(OC)c(OCCCOC)c2)C(C)C)NC(=O)OC(C)(C)C)C(C)C)c2ccccc2)c2ccccc2)C(C)C)C(C)C)ccc1OC. The van der Waals surface area contributed by atoms with Crippen molar-refractivity contribution in [2.24, 2.45) is 47.3 Å². The highest BCUT2D eigenvalue weighted by Crippen LogP contribution is 2.42. The number of carbonyl (C=O) groups excluding carboxylic acids is 2. The molecule has 0 aliphatic rings. The van der Waals surface area contributed by atoms with Crippen LogP contribution in [-0.4, -0.2) is 113 Å². The normalized spacial score (nSPS) is 15.6. The second-order valence-electron chi connectivity index (χ2n) is 27.8. The maximum absolute atomic E-state index is 13.8. The molecule has 500 valence electrons. The first-order chi connectivity index (χ1) is 42.1. The van der Waals surface area contributed by atoms with E-state index in [1.165, 1.54) is 0 Å². The van der Waals surface area contributed by atoms with E-state index in [0.29, 0.717) is 101 Å². The molecule has 0 heterocycles. The van der Waals surface area contributed by atoms with Crippen LogP contribution in [0.25, 0.3) is 0 Å². The van der Waals surface area contributed by atoms with Crippen molar-refractivity contribution in [3.8, 4) is 23.0 Å². The number of nitrogens with one attached hydrogen (secondary N) is 2. The van der Waals surface area contributed by atoms with Crippen LogP contribution in [0.5, 0.6) is 23.0 Å². The molecular weight excluding hydrogens is 1120 g/mol.